The van der Waals surface area contributed by atoms with Crippen LogP contribution in [0.25, 0.3) is 11.4 Å². The summed E-state index contributed by atoms with van der Waals surface area (Å²) in [5.74, 6) is 0.856. The summed E-state index contributed by atoms with van der Waals surface area (Å²) in [7, 11) is 0. The predicted molar refractivity (Wildman–Crippen MR) is 108 cm³/mol. The highest BCUT2D eigenvalue weighted by Crippen LogP contribution is 2.36. The summed E-state index contributed by atoms with van der Waals surface area (Å²) in [6, 6.07) is 15.0. The summed E-state index contributed by atoms with van der Waals surface area (Å²) in [5, 5.41) is 20.7. The fraction of sp³-hybridized carbons (Fsp3) is 0.300. The molecule has 0 saturated heterocycles. The highest BCUT2D eigenvalue weighted by Gasteiger charge is 2.18. The number of nitro groups is 1. The Balaban J connectivity index is 1.90. The van der Waals surface area contributed by atoms with E-state index >= 15 is 0 Å². The van der Waals surface area contributed by atoms with Crippen LogP contribution in [0.3, 0.4) is 0 Å². The Kier molecular flexibility index (Phi) is 5.91. The molecule has 140 valence electrons. The normalized spacial score (nSPS) is 12.1. The van der Waals surface area contributed by atoms with Crippen LogP contribution in [0.5, 0.6) is 0 Å². The lowest BCUT2D eigenvalue weighted by molar-refractivity contribution is -0.384. The lowest BCUT2D eigenvalue weighted by Crippen LogP contribution is -2.03. The van der Waals surface area contributed by atoms with Crippen LogP contribution in [0.1, 0.15) is 36.6 Å². The molecule has 2 aromatic carbocycles. The third-order valence-electron chi connectivity index (χ3n) is 4.27. The Hall–Kier alpha value is -2.67. The molecule has 0 aliphatic heterocycles. The molecule has 27 heavy (non-hydrogen) atoms. The van der Waals surface area contributed by atoms with Crippen LogP contribution in [-0.4, -0.2) is 19.7 Å². The minimum atomic E-state index is -0.365. The van der Waals surface area contributed by atoms with Crippen molar-refractivity contribution in [3.05, 3.63) is 69.8 Å². The molecular formula is C20H22N4O2S. The van der Waals surface area contributed by atoms with E-state index in [4.69, 9.17) is 0 Å². The Morgan fingerprint density at radius 1 is 1.19 bits per heavy atom. The minimum absolute atomic E-state index is 0.0232. The number of nitro benzene ring substituents is 1. The number of non-ortho nitro benzene ring substituents is 1. The molecule has 0 N–H and O–H groups in total. The molecule has 0 spiro atoms. The molecule has 0 aliphatic rings. The van der Waals surface area contributed by atoms with E-state index in [1.54, 1.807) is 23.9 Å². The largest absolute Gasteiger partial charge is 0.302 e. The molecule has 0 saturated carbocycles. The first-order valence-corrected chi connectivity index (χ1v) is 9.78. The molecule has 1 unspecified atom stereocenters. The average Bonchev–Trinajstić information content (AvgIpc) is 3.04. The maximum Gasteiger partial charge on any atom is 0.269 e. The van der Waals surface area contributed by atoms with Gasteiger partial charge in [-0.05, 0) is 31.9 Å². The van der Waals surface area contributed by atoms with Crippen molar-refractivity contribution in [1.82, 2.24) is 14.8 Å². The van der Waals surface area contributed by atoms with E-state index in [0.717, 1.165) is 35.1 Å². The topological polar surface area (TPSA) is 73.8 Å². The van der Waals surface area contributed by atoms with Crippen molar-refractivity contribution < 1.29 is 4.92 Å². The Morgan fingerprint density at radius 3 is 2.67 bits per heavy atom. The molecule has 0 bridgehead atoms. The van der Waals surface area contributed by atoms with Crippen LogP contribution in [0.2, 0.25) is 0 Å². The summed E-state index contributed by atoms with van der Waals surface area (Å²) >= 11 is 1.57. The van der Waals surface area contributed by atoms with Crippen LogP contribution < -0.4 is 0 Å². The second-order valence-electron chi connectivity index (χ2n) is 6.44. The van der Waals surface area contributed by atoms with Gasteiger partial charge < -0.3 is 4.57 Å². The minimum Gasteiger partial charge on any atom is -0.302 e. The van der Waals surface area contributed by atoms with E-state index in [-0.39, 0.29) is 15.9 Å². The number of aromatic nitrogens is 3. The van der Waals surface area contributed by atoms with Crippen molar-refractivity contribution in [1.29, 1.82) is 0 Å². The number of benzene rings is 2. The highest BCUT2D eigenvalue weighted by molar-refractivity contribution is 7.99. The van der Waals surface area contributed by atoms with Crippen molar-refractivity contribution in [2.75, 3.05) is 0 Å². The summed E-state index contributed by atoms with van der Waals surface area (Å²) < 4.78 is 2.13. The van der Waals surface area contributed by atoms with Gasteiger partial charge in [0.05, 0.1) is 4.92 Å². The van der Waals surface area contributed by atoms with Crippen LogP contribution >= 0.6 is 11.8 Å². The van der Waals surface area contributed by atoms with Gasteiger partial charge in [0, 0.05) is 29.5 Å². The first-order chi connectivity index (χ1) is 13.0. The molecule has 1 heterocycles. The van der Waals surface area contributed by atoms with Crippen LogP contribution in [0.4, 0.5) is 5.69 Å². The van der Waals surface area contributed by atoms with Crippen LogP contribution in [0.15, 0.2) is 53.7 Å². The van der Waals surface area contributed by atoms with Gasteiger partial charge in [-0.2, -0.15) is 0 Å². The number of aryl methyl sites for hydroxylation is 1. The first-order valence-electron chi connectivity index (χ1n) is 8.91. The fourth-order valence-corrected chi connectivity index (χ4v) is 3.91. The maximum absolute atomic E-state index is 11.0. The maximum atomic E-state index is 11.0. The van der Waals surface area contributed by atoms with E-state index in [1.165, 1.54) is 11.6 Å². The first kappa shape index (κ1) is 19.1. The standard InChI is InChI=1S/C20H22N4O2S/c1-4-11-23-19(17-9-5-7-14(2)12-17)21-22-20(23)27-15(3)16-8-6-10-18(13-16)24(25)26/h5-10,12-13,15H,4,11H2,1-3H3. The third-order valence-corrected chi connectivity index (χ3v) is 5.41. The third kappa shape index (κ3) is 4.36. The lowest BCUT2D eigenvalue weighted by Gasteiger charge is -2.13. The average molecular weight is 382 g/mol. The number of thioether (sulfide) groups is 1. The predicted octanol–water partition coefficient (Wildman–Crippen LogP) is 5.43. The Morgan fingerprint density at radius 2 is 1.96 bits per heavy atom. The smallest absolute Gasteiger partial charge is 0.269 e. The van der Waals surface area contributed by atoms with E-state index < -0.39 is 0 Å². The molecule has 0 fully saturated rings. The second kappa shape index (κ2) is 8.35. The number of hydrogen-bond donors (Lipinski definition) is 0. The van der Waals surface area contributed by atoms with Gasteiger partial charge in [-0.3, -0.25) is 10.1 Å². The van der Waals surface area contributed by atoms with Gasteiger partial charge in [0.25, 0.3) is 5.69 Å². The van der Waals surface area contributed by atoms with Crippen LogP contribution in [0, 0.1) is 17.0 Å². The molecule has 3 aromatic rings. The van der Waals surface area contributed by atoms with E-state index in [2.05, 4.69) is 40.7 Å². The van der Waals surface area contributed by atoms with Crippen molar-refractivity contribution in [3.8, 4) is 11.4 Å². The van der Waals surface area contributed by atoms with Gasteiger partial charge in [-0.1, -0.05) is 54.6 Å². The second-order valence-corrected chi connectivity index (χ2v) is 7.75. The zero-order valence-electron chi connectivity index (χ0n) is 15.6. The van der Waals surface area contributed by atoms with Gasteiger partial charge >= 0.3 is 0 Å². The fourth-order valence-electron chi connectivity index (χ4n) is 2.92. The summed E-state index contributed by atoms with van der Waals surface area (Å²) in [6.45, 7) is 7.03. The van der Waals surface area contributed by atoms with Crippen molar-refractivity contribution in [2.24, 2.45) is 0 Å². The van der Waals surface area contributed by atoms with E-state index in [9.17, 15) is 10.1 Å². The number of hydrogen-bond acceptors (Lipinski definition) is 5. The van der Waals surface area contributed by atoms with Gasteiger partial charge in [-0.25, -0.2) is 0 Å². The molecule has 0 radical (unpaired) electrons. The Bertz CT molecular complexity index is 955. The van der Waals surface area contributed by atoms with Crippen molar-refractivity contribution in [3.63, 3.8) is 0 Å². The monoisotopic (exact) mass is 382 g/mol. The molecule has 0 aliphatic carbocycles. The highest BCUT2D eigenvalue weighted by atomic mass is 32.2. The summed E-state index contributed by atoms with van der Waals surface area (Å²) in [4.78, 5) is 10.7. The molecule has 6 nitrogen and oxygen atoms in total. The molecule has 1 atom stereocenters. The van der Waals surface area contributed by atoms with E-state index in [1.807, 2.05) is 25.1 Å². The van der Waals surface area contributed by atoms with Crippen LogP contribution in [-0.2, 0) is 6.54 Å². The lowest BCUT2D eigenvalue weighted by atomic mass is 10.1. The van der Waals surface area contributed by atoms with E-state index in [0.29, 0.717) is 0 Å². The SMILES string of the molecule is CCCn1c(SC(C)c2cccc([N+](=O)[O-])c2)nnc1-c1cccc(C)c1. The summed E-state index contributed by atoms with van der Waals surface area (Å²) in [5.41, 5.74) is 3.23. The van der Waals surface area contributed by atoms with Gasteiger partial charge in [0.1, 0.15) is 0 Å². The van der Waals surface area contributed by atoms with Crippen molar-refractivity contribution in [2.45, 2.75) is 44.1 Å². The zero-order chi connectivity index (χ0) is 19.4. The number of rotatable bonds is 7. The van der Waals surface area contributed by atoms with Gasteiger partial charge in [0.2, 0.25) is 0 Å². The quantitative estimate of drug-likeness (QED) is 0.310. The number of nitrogens with zero attached hydrogens (tertiary/aromatic N) is 4. The van der Waals surface area contributed by atoms with Crippen molar-refractivity contribution >= 4 is 17.4 Å². The molecular weight excluding hydrogens is 360 g/mol. The van der Waals surface area contributed by atoms with Gasteiger partial charge in [-0.15, -0.1) is 10.2 Å². The molecule has 3 rings (SSSR count). The Labute approximate surface area is 162 Å². The summed E-state index contributed by atoms with van der Waals surface area (Å²) in [6.07, 6.45) is 0.968. The zero-order valence-corrected chi connectivity index (χ0v) is 16.4. The van der Waals surface area contributed by atoms with Gasteiger partial charge in [0.15, 0.2) is 11.0 Å². The molecule has 1 aromatic heterocycles. The molecule has 7 heteroatoms. The molecule has 0 amide bonds.